The predicted molar refractivity (Wildman–Crippen MR) is 71.9 cm³/mol. The van der Waals surface area contributed by atoms with Crippen LogP contribution in [0.2, 0.25) is 0 Å². The highest BCUT2D eigenvalue weighted by atomic mass is 35.5. The second-order valence-corrected chi connectivity index (χ2v) is 5.33. The minimum Gasteiger partial charge on any atom is -0.362 e. The molecule has 96 valence electrons. The van der Waals surface area contributed by atoms with E-state index in [1.807, 2.05) is 27.7 Å². The predicted octanol–water partition coefficient (Wildman–Crippen LogP) is 2.43. The van der Waals surface area contributed by atoms with Gasteiger partial charge in [-0.3, -0.25) is 4.79 Å². The summed E-state index contributed by atoms with van der Waals surface area (Å²) in [7, 11) is 0. The first-order valence-electron chi connectivity index (χ1n) is 5.80. The summed E-state index contributed by atoms with van der Waals surface area (Å²) in [5, 5.41) is 3.08. The molecule has 0 saturated heterocycles. The topological polar surface area (TPSA) is 46.9 Å². The summed E-state index contributed by atoms with van der Waals surface area (Å²) in [6.07, 6.45) is 4.19. The number of nitrogens with zero attached hydrogens (tertiary/aromatic N) is 2. The molecule has 17 heavy (non-hydrogen) atoms. The van der Waals surface area contributed by atoms with Crippen LogP contribution in [-0.2, 0) is 5.54 Å². The van der Waals surface area contributed by atoms with Crippen LogP contribution in [0.1, 0.15) is 34.1 Å². The first-order chi connectivity index (χ1) is 7.90. The Kier molecular flexibility index (Phi) is 4.57. The van der Waals surface area contributed by atoms with E-state index in [-0.39, 0.29) is 17.1 Å². The molecule has 1 unspecified atom stereocenters. The lowest BCUT2D eigenvalue weighted by Crippen LogP contribution is -2.36. The minimum atomic E-state index is -0.251. The molecule has 0 bridgehead atoms. The summed E-state index contributed by atoms with van der Waals surface area (Å²) >= 11 is 5.80. The molecule has 0 radical (unpaired) electrons. The summed E-state index contributed by atoms with van der Waals surface area (Å²) in [6, 6.07) is 0.0766. The van der Waals surface area contributed by atoms with Crippen molar-refractivity contribution in [2.75, 3.05) is 11.2 Å². The SMILES string of the molecule is CCC(CCl)Nc1nccn(C(C)(C)C)c1=O. The van der Waals surface area contributed by atoms with Gasteiger partial charge in [0.25, 0.3) is 5.56 Å². The Balaban J connectivity index is 3.07. The Morgan fingerprint density at radius 3 is 2.65 bits per heavy atom. The molecule has 0 aliphatic carbocycles. The van der Waals surface area contributed by atoms with Crippen molar-refractivity contribution in [3.8, 4) is 0 Å². The lowest BCUT2D eigenvalue weighted by atomic mass is 10.1. The van der Waals surface area contributed by atoms with Gasteiger partial charge in [0.1, 0.15) is 0 Å². The van der Waals surface area contributed by atoms with Gasteiger partial charge in [0.15, 0.2) is 5.82 Å². The molecule has 1 aromatic heterocycles. The van der Waals surface area contributed by atoms with Gasteiger partial charge in [0.2, 0.25) is 0 Å². The van der Waals surface area contributed by atoms with E-state index in [4.69, 9.17) is 11.6 Å². The lowest BCUT2D eigenvalue weighted by Gasteiger charge is -2.23. The molecule has 1 N–H and O–H groups in total. The maximum atomic E-state index is 12.2. The number of hydrogen-bond acceptors (Lipinski definition) is 3. The molecule has 0 saturated carbocycles. The van der Waals surface area contributed by atoms with Crippen molar-refractivity contribution < 1.29 is 0 Å². The molecule has 0 fully saturated rings. The third-order valence-corrected chi connectivity index (χ3v) is 2.96. The zero-order valence-electron chi connectivity index (χ0n) is 10.8. The van der Waals surface area contributed by atoms with Crippen molar-refractivity contribution in [1.29, 1.82) is 0 Å². The number of anilines is 1. The molecule has 0 aliphatic heterocycles. The van der Waals surface area contributed by atoms with Crippen molar-refractivity contribution >= 4 is 17.4 Å². The van der Waals surface area contributed by atoms with Crippen LogP contribution in [0.25, 0.3) is 0 Å². The molecular weight excluding hydrogens is 238 g/mol. The van der Waals surface area contributed by atoms with Crippen LogP contribution in [0.5, 0.6) is 0 Å². The zero-order valence-corrected chi connectivity index (χ0v) is 11.6. The molecule has 4 nitrogen and oxygen atoms in total. The monoisotopic (exact) mass is 257 g/mol. The fourth-order valence-corrected chi connectivity index (χ4v) is 1.78. The average Bonchev–Trinajstić information content (AvgIpc) is 2.26. The van der Waals surface area contributed by atoms with Gasteiger partial charge in [-0.15, -0.1) is 11.6 Å². The van der Waals surface area contributed by atoms with E-state index in [0.717, 1.165) is 6.42 Å². The molecular formula is C12H20ClN3O. The molecule has 0 aliphatic rings. The van der Waals surface area contributed by atoms with Gasteiger partial charge in [-0.1, -0.05) is 6.92 Å². The van der Waals surface area contributed by atoms with Crippen LogP contribution in [-0.4, -0.2) is 21.5 Å². The first-order valence-corrected chi connectivity index (χ1v) is 6.34. The van der Waals surface area contributed by atoms with Gasteiger partial charge in [-0.25, -0.2) is 4.98 Å². The van der Waals surface area contributed by atoms with E-state index in [0.29, 0.717) is 11.7 Å². The van der Waals surface area contributed by atoms with E-state index in [2.05, 4.69) is 10.3 Å². The summed E-state index contributed by atoms with van der Waals surface area (Å²) in [6.45, 7) is 7.97. The Morgan fingerprint density at radius 2 is 2.18 bits per heavy atom. The molecule has 1 aromatic rings. The Labute approximate surface area is 107 Å². The molecule has 1 heterocycles. The number of aromatic nitrogens is 2. The first kappa shape index (κ1) is 14.0. The van der Waals surface area contributed by atoms with E-state index < -0.39 is 0 Å². The summed E-state index contributed by atoms with van der Waals surface area (Å²) in [5.41, 5.74) is -0.359. The lowest BCUT2D eigenvalue weighted by molar-refractivity contribution is 0.383. The highest BCUT2D eigenvalue weighted by Gasteiger charge is 2.17. The second-order valence-electron chi connectivity index (χ2n) is 5.03. The average molecular weight is 258 g/mol. The van der Waals surface area contributed by atoms with Gasteiger partial charge >= 0.3 is 0 Å². The van der Waals surface area contributed by atoms with Gasteiger partial charge in [-0.05, 0) is 27.2 Å². The van der Waals surface area contributed by atoms with Gasteiger partial charge in [-0.2, -0.15) is 0 Å². The number of hydrogen-bond donors (Lipinski definition) is 1. The van der Waals surface area contributed by atoms with Crippen LogP contribution < -0.4 is 10.9 Å². The van der Waals surface area contributed by atoms with Crippen LogP contribution in [0, 0.1) is 0 Å². The minimum absolute atomic E-state index is 0.0766. The van der Waals surface area contributed by atoms with E-state index in [1.54, 1.807) is 17.0 Å². The third kappa shape index (κ3) is 3.46. The van der Waals surface area contributed by atoms with Crippen molar-refractivity contribution in [1.82, 2.24) is 9.55 Å². The van der Waals surface area contributed by atoms with Gasteiger partial charge < -0.3 is 9.88 Å². The van der Waals surface area contributed by atoms with Crippen LogP contribution in [0.15, 0.2) is 17.2 Å². The zero-order chi connectivity index (χ0) is 13.1. The van der Waals surface area contributed by atoms with Gasteiger partial charge in [0.05, 0.1) is 0 Å². The quantitative estimate of drug-likeness (QED) is 0.843. The van der Waals surface area contributed by atoms with Crippen molar-refractivity contribution in [2.45, 2.75) is 45.7 Å². The Morgan fingerprint density at radius 1 is 1.53 bits per heavy atom. The van der Waals surface area contributed by atoms with Crippen LogP contribution in [0.3, 0.4) is 0 Å². The third-order valence-electron chi connectivity index (χ3n) is 2.58. The molecule has 0 aromatic carbocycles. The smallest absolute Gasteiger partial charge is 0.293 e. The molecule has 0 spiro atoms. The van der Waals surface area contributed by atoms with Gasteiger partial charge in [0, 0.05) is 29.9 Å². The van der Waals surface area contributed by atoms with E-state index in [1.165, 1.54) is 0 Å². The fourth-order valence-electron chi connectivity index (χ4n) is 1.48. The maximum Gasteiger partial charge on any atom is 0.293 e. The normalized spacial score (nSPS) is 13.5. The van der Waals surface area contributed by atoms with Crippen molar-refractivity contribution in [3.63, 3.8) is 0 Å². The standard InChI is InChI=1S/C12H20ClN3O/c1-5-9(8-13)15-10-11(17)16(7-6-14-10)12(2,3)4/h6-7,9H,5,8H2,1-4H3,(H,14,15). The highest BCUT2D eigenvalue weighted by Crippen LogP contribution is 2.11. The number of halogens is 1. The molecule has 1 rings (SSSR count). The summed E-state index contributed by atoms with van der Waals surface area (Å²) in [4.78, 5) is 16.3. The van der Waals surface area contributed by atoms with E-state index >= 15 is 0 Å². The molecule has 0 amide bonds. The summed E-state index contributed by atoms with van der Waals surface area (Å²) in [5.74, 6) is 0.831. The van der Waals surface area contributed by atoms with Crippen LogP contribution in [0.4, 0.5) is 5.82 Å². The largest absolute Gasteiger partial charge is 0.362 e. The number of alkyl halides is 1. The fraction of sp³-hybridized carbons (Fsp3) is 0.667. The Hall–Kier alpha value is -1.03. The van der Waals surface area contributed by atoms with Crippen molar-refractivity contribution in [3.05, 3.63) is 22.7 Å². The van der Waals surface area contributed by atoms with Crippen molar-refractivity contribution in [2.24, 2.45) is 0 Å². The molecule has 1 atom stereocenters. The summed E-state index contributed by atoms with van der Waals surface area (Å²) < 4.78 is 1.67. The van der Waals surface area contributed by atoms with Crippen LogP contribution >= 0.6 is 11.6 Å². The molecule has 5 heteroatoms. The van der Waals surface area contributed by atoms with E-state index in [9.17, 15) is 4.79 Å². The maximum absolute atomic E-state index is 12.2. The number of nitrogens with one attached hydrogen (secondary N) is 1. The highest BCUT2D eigenvalue weighted by molar-refractivity contribution is 6.18. The number of rotatable bonds is 4. The Bertz CT molecular complexity index is 418. The second kappa shape index (κ2) is 5.54.